The number of alkyl halides is 3. The van der Waals surface area contributed by atoms with Gasteiger partial charge in [0.25, 0.3) is 11.8 Å². The van der Waals surface area contributed by atoms with Crippen LogP contribution >= 0.6 is 0 Å². The van der Waals surface area contributed by atoms with Gasteiger partial charge in [-0.15, -0.1) is 0 Å². The number of fused-ring (bicyclic) bond motifs is 1. The van der Waals surface area contributed by atoms with E-state index in [1.165, 1.54) is 55.8 Å². The molecule has 3 aromatic carbocycles. The Morgan fingerprint density at radius 3 is 2.03 bits per heavy atom. The lowest BCUT2D eigenvalue weighted by Crippen LogP contribution is -2.48. The molecule has 2 aromatic heterocycles. The van der Waals surface area contributed by atoms with E-state index in [4.69, 9.17) is 19.7 Å². The van der Waals surface area contributed by atoms with Gasteiger partial charge >= 0.3 is 18.1 Å². The number of ether oxygens (including phenoxy) is 2. The third-order valence-electron chi connectivity index (χ3n) is 10.5. The van der Waals surface area contributed by atoms with Crippen LogP contribution in [0.4, 0.5) is 18.9 Å². The van der Waals surface area contributed by atoms with Crippen molar-refractivity contribution in [2.45, 2.75) is 58.2 Å². The molecule has 3 heterocycles. The van der Waals surface area contributed by atoms with Crippen molar-refractivity contribution in [3.8, 4) is 17.4 Å². The number of aliphatic carboxylic acids is 2. The Hall–Kier alpha value is -6.68. The fraction of sp³-hybridized carbons (Fsp3) is 0.340. The summed E-state index contributed by atoms with van der Waals surface area (Å²) < 4.78 is 52.6. The molecule has 6 rings (SSSR count). The zero-order chi connectivity index (χ0) is 45.5. The number of unbranched alkanes of at least 4 members (excludes halogenated alkanes) is 5. The number of aromatic nitrogens is 2. The number of anilines is 1. The Morgan fingerprint density at radius 2 is 1.43 bits per heavy atom. The molecule has 0 radical (unpaired) electrons. The molecule has 334 valence electrons. The molecular formula is C47H52F3N5O8. The number of carboxylic acid groups (broad SMARTS) is 2. The van der Waals surface area contributed by atoms with Crippen molar-refractivity contribution in [2.75, 3.05) is 44.7 Å². The molecule has 13 nitrogen and oxygen atoms in total. The zero-order valence-corrected chi connectivity index (χ0v) is 35.5. The fourth-order valence-corrected chi connectivity index (χ4v) is 6.90. The van der Waals surface area contributed by atoms with E-state index in [9.17, 15) is 32.3 Å². The molecule has 0 spiro atoms. The van der Waals surface area contributed by atoms with Crippen molar-refractivity contribution in [1.29, 1.82) is 0 Å². The van der Waals surface area contributed by atoms with E-state index in [2.05, 4.69) is 41.1 Å². The van der Waals surface area contributed by atoms with Crippen molar-refractivity contribution in [3.63, 3.8) is 0 Å². The average Bonchev–Trinajstić information content (AvgIpc) is 3.60. The predicted octanol–water partition coefficient (Wildman–Crippen LogP) is 9.07. The molecule has 0 atom stereocenters. The minimum Gasteiger partial charge on any atom is -0.494 e. The SMILES string of the molecule is CCCCCCCCOc1ccc(CN2CCN(C(=O)c3cc4cc(Oc5ccc(N(C)C(=O)c6ccc(C(F)(F)F)cc6)cn5)ccc4n3C)CC2)cc1.O=C(O)C=CC(=O)O. The second kappa shape index (κ2) is 22.4. The minimum absolute atomic E-state index is 0.0140. The van der Waals surface area contributed by atoms with Crippen LogP contribution in [0.3, 0.4) is 0 Å². The highest BCUT2D eigenvalue weighted by molar-refractivity contribution is 6.05. The normalized spacial score (nSPS) is 13.1. The first kappa shape index (κ1) is 47.4. The minimum atomic E-state index is -4.48. The summed E-state index contributed by atoms with van der Waals surface area (Å²) in [5.74, 6) is -1.28. The van der Waals surface area contributed by atoms with Gasteiger partial charge in [-0.1, -0.05) is 51.2 Å². The smallest absolute Gasteiger partial charge is 0.416 e. The number of aryl methyl sites for hydroxylation is 1. The summed E-state index contributed by atoms with van der Waals surface area (Å²) in [5.41, 5.74) is 2.45. The molecule has 16 heteroatoms. The summed E-state index contributed by atoms with van der Waals surface area (Å²) in [6.07, 6.45) is 5.55. The molecule has 0 unspecified atom stereocenters. The molecule has 5 aromatic rings. The van der Waals surface area contributed by atoms with E-state index in [0.29, 0.717) is 42.4 Å². The largest absolute Gasteiger partial charge is 0.494 e. The molecule has 1 saturated heterocycles. The van der Waals surface area contributed by atoms with Gasteiger partial charge in [0.05, 0.1) is 24.1 Å². The van der Waals surface area contributed by atoms with Crippen LogP contribution in [0.25, 0.3) is 10.9 Å². The van der Waals surface area contributed by atoms with Crippen LogP contribution in [0.15, 0.2) is 103 Å². The number of amides is 2. The molecule has 1 aliphatic heterocycles. The maximum Gasteiger partial charge on any atom is 0.416 e. The van der Waals surface area contributed by atoms with E-state index in [1.54, 1.807) is 18.2 Å². The van der Waals surface area contributed by atoms with Crippen LogP contribution in [0.2, 0.25) is 0 Å². The molecule has 0 bridgehead atoms. The van der Waals surface area contributed by atoms with Crippen molar-refractivity contribution in [3.05, 3.63) is 126 Å². The van der Waals surface area contributed by atoms with Gasteiger partial charge in [-0.3, -0.25) is 14.5 Å². The van der Waals surface area contributed by atoms with E-state index < -0.39 is 29.6 Å². The molecule has 0 saturated carbocycles. The number of hydrogen-bond donors (Lipinski definition) is 2. The predicted molar refractivity (Wildman–Crippen MR) is 232 cm³/mol. The Morgan fingerprint density at radius 1 is 0.794 bits per heavy atom. The molecule has 2 amide bonds. The number of hydrogen-bond acceptors (Lipinski definition) is 8. The summed E-state index contributed by atoms with van der Waals surface area (Å²) in [6.45, 7) is 6.66. The average molecular weight is 872 g/mol. The van der Waals surface area contributed by atoms with Gasteiger partial charge in [-0.05, 0) is 78.7 Å². The summed E-state index contributed by atoms with van der Waals surface area (Å²) in [7, 11) is 3.41. The lowest BCUT2D eigenvalue weighted by molar-refractivity contribution is -0.137. The van der Waals surface area contributed by atoms with Crippen LogP contribution in [0, 0.1) is 0 Å². The Labute approximate surface area is 364 Å². The van der Waals surface area contributed by atoms with Gasteiger partial charge in [0, 0.05) is 81.5 Å². The topological polar surface area (TPSA) is 155 Å². The quantitative estimate of drug-likeness (QED) is 0.0683. The third kappa shape index (κ3) is 13.9. The van der Waals surface area contributed by atoms with E-state index in [1.807, 2.05) is 34.7 Å². The number of pyridine rings is 1. The second-order valence-corrected chi connectivity index (χ2v) is 15.0. The number of carboxylic acids is 2. The standard InChI is InChI=1S/C43H48F3N5O4.C4H4O4/c1-4-5-6-7-8-9-26-54-36-17-10-31(11-18-36)30-50-22-24-51(25-23-50)42(53)39-28-33-27-37(19-20-38(33)49(39)3)55-40-21-16-35(29-47-40)48(2)41(52)32-12-14-34(15-13-32)43(44,45)46;5-3(6)1-2-4(7)8/h10-21,27-29H,4-9,22-26,30H2,1-3H3;1-2H,(H,5,6)(H,7,8). The van der Waals surface area contributed by atoms with E-state index >= 15 is 0 Å². The van der Waals surface area contributed by atoms with E-state index in [0.717, 1.165) is 73.6 Å². The Kier molecular flexibility index (Phi) is 16.9. The van der Waals surface area contributed by atoms with Crippen LogP contribution in [-0.4, -0.2) is 93.2 Å². The summed E-state index contributed by atoms with van der Waals surface area (Å²) >= 11 is 0. The molecule has 1 aliphatic rings. The second-order valence-electron chi connectivity index (χ2n) is 15.0. The number of rotatable bonds is 17. The third-order valence-corrected chi connectivity index (χ3v) is 10.5. The van der Waals surface area contributed by atoms with Gasteiger partial charge in [0.1, 0.15) is 17.2 Å². The maximum absolute atomic E-state index is 13.7. The fourth-order valence-electron chi connectivity index (χ4n) is 6.90. The number of carbonyl (C=O) groups excluding carboxylic acids is 2. The van der Waals surface area contributed by atoms with Crippen LogP contribution in [0.1, 0.15) is 77.4 Å². The molecule has 2 N–H and O–H groups in total. The summed E-state index contributed by atoms with van der Waals surface area (Å²) in [4.78, 5) is 55.6. The highest BCUT2D eigenvalue weighted by Crippen LogP contribution is 2.31. The number of piperazine rings is 1. The van der Waals surface area contributed by atoms with Crippen molar-refractivity contribution >= 4 is 40.3 Å². The highest BCUT2D eigenvalue weighted by Gasteiger charge is 2.30. The lowest BCUT2D eigenvalue weighted by atomic mass is 10.1. The first-order chi connectivity index (χ1) is 30.1. The van der Waals surface area contributed by atoms with Gasteiger partial charge in [0.2, 0.25) is 5.88 Å². The highest BCUT2D eigenvalue weighted by atomic mass is 19.4. The van der Waals surface area contributed by atoms with Gasteiger partial charge in [0.15, 0.2) is 0 Å². The molecule has 63 heavy (non-hydrogen) atoms. The van der Waals surface area contributed by atoms with Gasteiger partial charge < -0.3 is 34.1 Å². The van der Waals surface area contributed by atoms with Crippen molar-refractivity contribution < 1.29 is 52.0 Å². The van der Waals surface area contributed by atoms with Crippen molar-refractivity contribution in [1.82, 2.24) is 19.4 Å². The lowest BCUT2D eigenvalue weighted by Gasteiger charge is -2.34. The van der Waals surface area contributed by atoms with E-state index in [-0.39, 0.29) is 17.4 Å². The first-order valence-electron chi connectivity index (χ1n) is 20.7. The molecule has 0 aliphatic carbocycles. The number of nitrogens with zero attached hydrogens (tertiary/aromatic N) is 5. The Bertz CT molecular complexity index is 2320. The first-order valence-corrected chi connectivity index (χ1v) is 20.7. The Balaban J connectivity index is 0.000000852. The van der Waals surface area contributed by atoms with Crippen LogP contribution in [-0.2, 0) is 29.4 Å². The van der Waals surface area contributed by atoms with Crippen LogP contribution in [0.5, 0.6) is 17.4 Å². The zero-order valence-electron chi connectivity index (χ0n) is 35.5. The van der Waals surface area contributed by atoms with Crippen molar-refractivity contribution in [2.24, 2.45) is 7.05 Å². The van der Waals surface area contributed by atoms with Gasteiger partial charge in [-0.25, -0.2) is 14.6 Å². The number of benzene rings is 3. The molecular weight excluding hydrogens is 820 g/mol. The van der Waals surface area contributed by atoms with Gasteiger partial charge in [-0.2, -0.15) is 13.2 Å². The van der Waals surface area contributed by atoms with Crippen LogP contribution < -0.4 is 14.4 Å². The summed E-state index contributed by atoms with van der Waals surface area (Å²) in [6, 6.07) is 23.1. The number of halogens is 3. The number of carbonyl (C=O) groups is 4. The molecule has 1 fully saturated rings. The monoisotopic (exact) mass is 871 g/mol. The maximum atomic E-state index is 13.7. The summed E-state index contributed by atoms with van der Waals surface area (Å²) in [5, 5.41) is 16.5.